The Morgan fingerprint density at radius 1 is 1.00 bits per heavy atom. The van der Waals surface area contributed by atoms with Gasteiger partial charge in [-0.25, -0.2) is 8.78 Å². The molecule has 6 heteroatoms. The lowest BCUT2D eigenvalue weighted by atomic mass is 9.88. The summed E-state index contributed by atoms with van der Waals surface area (Å²) in [6.45, 7) is 5.19. The van der Waals surface area contributed by atoms with Gasteiger partial charge >= 0.3 is 0 Å². The third kappa shape index (κ3) is 4.55. The van der Waals surface area contributed by atoms with Gasteiger partial charge in [0.05, 0.1) is 5.92 Å². The number of rotatable bonds is 5. The van der Waals surface area contributed by atoms with Gasteiger partial charge in [-0.15, -0.1) is 0 Å². The SMILES string of the molecule is CC(C)CNC(=O)[C@@H]1CN(C(=O)c2ccc(F)cc2)C[C@H]1c1ccc(F)cc1. The van der Waals surface area contributed by atoms with E-state index >= 15 is 0 Å². The zero-order valence-electron chi connectivity index (χ0n) is 16.0. The number of carbonyl (C=O) groups is 2. The minimum Gasteiger partial charge on any atom is -0.356 e. The number of hydrogen-bond acceptors (Lipinski definition) is 2. The van der Waals surface area contributed by atoms with E-state index < -0.39 is 11.7 Å². The molecule has 28 heavy (non-hydrogen) atoms. The predicted molar refractivity (Wildman–Crippen MR) is 103 cm³/mol. The van der Waals surface area contributed by atoms with Crippen LogP contribution in [0.3, 0.4) is 0 Å². The normalized spacial score (nSPS) is 19.1. The van der Waals surface area contributed by atoms with Crippen molar-refractivity contribution in [3.05, 3.63) is 71.3 Å². The highest BCUT2D eigenvalue weighted by Crippen LogP contribution is 2.34. The first-order chi connectivity index (χ1) is 13.3. The highest BCUT2D eigenvalue weighted by atomic mass is 19.1. The lowest BCUT2D eigenvalue weighted by molar-refractivity contribution is -0.125. The molecule has 3 rings (SSSR count). The lowest BCUT2D eigenvalue weighted by Crippen LogP contribution is -2.37. The van der Waals surface area contributed by atoms with E-state index in [2.05, 4.69) is 5.32 Å². The molecular weight excluding hydrogens is 362 g/mol. The summed E-state index contributed by atoms with van der Waals surface area (Å²) in [5, 5.41) is 2.94. The van der Waals surface area contributed by atoms with Gasteiger partial charge in [-0.1, -0.05) is 26.0 Å². The topological polar surface area (TPSA) is 49.4 Å². The Morgan fingerprint density at radius 3 is 2.14 bits per heavy atom. The summed E-state index contributed by atoms with van der Waals surface area (Å²) in [5.41, 5.74) is 1.20. The Balaban J connectivity index is 1.83. The molecule has 0 radical (unpaired) electrons. The fourth-order valence-corrected chi connectivity index (χ4v) is 3.49. The molecule has 2 aromatic rings. The van der Waals surface area contributed by atoms with Crippen LogP contribution in [0.1, 0.15) is 35.7 Å². The second kappa shape index (κ2) is 8.50. The van der Waals surface area contributed by atoms with Crippen LogP contribution in [0.4, 0.5) is 8.78 Å². The molecule has 1 fully saturated rings. The van der Waals surface area contributed by atoms with E-state index in [0.29, 0.717) is 24.6 Å². The first-order valence-electron chi connectivity index (χ1n) is 9.43. The Kier molecular flexibility index (Phi) is 6.07. The Morgan fingerprint density at radius 2 is 1.57 bits per heavy atom. The standard InChI is InChI=1S/C22H24F2N2O2/c1-14(2)11-25-21(27)20-13-26(22(28)16-5-9-18(24)10-6-16)12-19(20)15-3-7-17(23)8-4-15/h3-10,14,19-20H,11-13H2,1-2H3,(H,25,27)/t19-,20+/m0/s1. The molecule has 1 heterocycles. The van der Waals surface area contributed by atoms with Gasteiger partial charge in [-0.2, -0.15) is 0 Å². The van der Waals surface area contributed by atoms with Gasteiger partial charge in [0.25, 0.3) is 5.91 Å². The maximum atomic E-state index is 13.3. The Hall–Kier alpha value is -2.76. The molecule has 1 saturated heterocycles. The van der Waals surface area contributed by atoms with Crippen LogP contribution in [-0.2, 0) is 4.79 Å². The number of nitrogens with zero attached hydrogens (tertiary/aromatic N) is 1. The van der Waals surface area contributed by atoms with Crippen molar-refractivity contribution in [2.24, 2.45) is 11.8 Å². The maximum absolute atomic E-state index is 13.3. The van der Waals surface area contributed by atoms with Gasteiger partial charge in [0.15, 0.2) is 0 Å². The van der Waals surface area contributed by atoms with Crippen molar-refractivity contribution in [3.8, 4) is 0 Å². The molecule has 0 aliphatic carbocycles. The number of nitrogens with one attached hydrogen (secondary N) is 1. The molecular formula is C22H24F2N2O2. The van der Waals surface area contributed by atoms with Crippen molar-refractivity contribution in [2.45, 2.75) is 19.8 Å². The van der Waals surface area contributed by atoms with Crippen LogP contribution in [0.15, 0.2) is 48.5 Å². The van der Waals surface area contributed by atoms with Crippen molar-refractivity contribution < 1.29 is 18.4 Å². The second-order valence-corrected chi connectivity index (χ2v) is 7.62. The summed E-state index contributed by atoms with van der Waals surface area (Å²) in [4.78, 5) is 27.2. The van der Waals surface area contributed by atoms with E-state index in [-0.39, 0.29) is 30.1 Å². The average molecular weight is 386 g/mol. The van der Waals surface area contributed by atoms with Crippen LogP contribution >= 0.6 is 0 Å². The average Bonchev–Trinajstić information content (AvgIpc) is 3.12. The largest absolute Gasteiger partial charge is 0.356 e. The second-order valence-electron chi connectivity index (χ2n) is 7.62. The molecule has 0 aromatic heterocycles. The minimum absolute atomic E-state index is 0.113. The molecule has 2 amide bonds. The van der Waals surface area contributed by atoms with Gasteiger partial charge in [0, 0.05) is 31.1 Å². The third-order valence-corrected chi connectivity index (χ3v) is 5.02. The van der Waals surface area contributed by atoms with Gasteiger partial charge in [0.2, 0.25) is 5.91 Å². The molecule has 2 atom stereocenters. The molecule has 1 N–H and O–H groups in total. The third-order valence-electron chi connectivity index (χ3n) is 5.02. The van der Waals surface area contributed by atoms with E-state index in [1.54, 1.807) is 17.0 Å². The first-order valence-corrected chi connectivity index (χ1v) is 9.43. The van der Waals surface area contributed by atoms with Crippen molar-refractivity contribution in [1.82, 2.24) is 10.2 Å². The van der Waals surface area contributed by atoms with Gasteiger partial charge in [0.1, 0.15) is 11.6 Å². The number of benzene rings is 2. The highest BCUT2D eigenvalue weighted by Gasteiger charge is 2.40. The summed E-state index contributed by atoms with van der Waals surface area (Å²) >= 11 is 0. The Bertz CT molecular complexity index is 835. The summed E-state index contributed by atoms with van der Waals surface area (Å²) < 4.78 is 26.5. The molecule has 1 aliphatic rings. The molecule has 1 aliphatic heterocycles. The molecule has 0 saturated carbocycles. The summed E-state index contributed by atoms with van der Waals surface area (Å²) in [7, 11) is 0. The summed E-state index contributed by atoms with van der Waals surface area (Å²) in [6, 6.07) is 11.4. The minimum atomic E-state index is -0.423. The van der Waals surface area contributed by atoms with Crippen LogP contribution < -0.4 is 5.32 Å². The van der Waals surface area contributed by atoms with Crippen molar-refractivity contribution in [2.75, 3.05) is 19.6 Å². The van der Waals surface area contributed by atoms with E-state index in [0.717, 1.165) is 5.56 Å². The van der Waals surface area contributed by atoms with Gasteiger partial charge in [-0.05, 0) is 47.9 Å². The van der Waals surface area contributed by atoms with Crippen molar-refractivity contribution in [3.63, 3.8) is 0 Å². The molecule has 0 spiro atoms. The van der Waals surface area contributed by atoms with Crippen LogP contribution in [0, 0.1) is 23.5 Å². The molecule has 4 nitrogen and oxygen atoms in total. The monoisotopic (exact) mass is 386 g/mol. The fraction of sp³-hybridized carbons (Fsp3) is 0.364. The summed E-state index contributed by atoms with van der Waals surface area (Å²) in [6.07, 6.45) is 0. The van der Waals surface area contributed by atoms with E-state index in [9.17, 15) is 18.4 Å². The number of halogens is 2. The highest BCUT2D eigenvalue weighted by molar-refractivity contribution is 5.95. The van der Waals surface area contributed by atoms with Crippen LogP contribution in [0.25, 0.3) is 0 Å². The number of hydrogen-bond donors (Lipinski definition) is 1. The zero-order chi connectivity index (χ0) is 20.3. The molecule has 0 bridgehead atoms. The fourth-order valence-electron chi connectivity index (χ4n) is 3.49. The van der Waals surface area contributed by atoms with E-state index in [1.807, 2.05) is 13.8 Å². The summed E-state index contributed by atoms with van der Waals surface area (Å²) in [5.74, 6) is -1.45. The first kappa shape index (κ1) is 20.0. The van der Waals surface area contributed by atoms with Crippen molar-refractivity contribution in [1.29, 1.82) is 0 Å². The maximum Gasteiger partial charge on any atom is 0.253 e. The van der Waals surface area contributed by atoms with Gasteiger partial charge in [-0.3, -0.25) is 9.59 Å². The van der Waals surface area contributed by atoms with Gasteiger partial charge < -0.3 is 10.2 Å². The lowest BCUT2D eigenvalue weighted by Gasteiger charge is -2.18. The number of likely N-dealkylation sites (tertiary alicyclic amines) is 1. The van der Waals surface area contributed by atoms with E-state index in [1.165, 1.54) is 36.4 Å². The molecule has 2 aromatic carbocycles. The van der Waals surface area contributed by atoms with E-state index in [4.69, 9.17) is 0 Å². The predicted octanol–water partition coefficient (Wildman–Crippen LogP) is 3.59. The van der Waals surface area contributed by atoms with Crippen LogP contribution in [0.2, 0.25) is 0 Å². The van der Waals surface area contributed by atoms with Crippen LogP contribution in [-0.4, -0.2) is 36.3 Å². The number of carbonyl (C=O) groups excluding carboxylic acids is 2. The molecule has 0 unspecified atom stereocenters. The quantitative estimate of drug-likeness (QED) is 0.854. The van der Waals surface area contributed by atoms with Crippen molar-refractivity contribution >= 4 is 11.8 Å². The smallest absolute Gasteiger partial charge is 0.253 e. The van der Waals surface area contributed by atoms with Crippen LogP contribution in [0.5, 0.6) is 0 Å². The molecule has 148 valence electrons. The number of amides is 2. The Labute approximate surface area is 163 Å². The zero-order valence-corrected chi connectivity index (χ0v) is 16.0.